The number of rotatable bonds is 4. The zero-order valence-corrected chi connectivity index (χ0v) is 13.4. The van der Waals surface area contributed by atoms with Crippen LogP contribution in [-0.4, -0.2) is 11.0 Å². The van der Waals surface area contributed by atoms with Crippen LogP contribution in [0.5, 0.6) is 0 Å². The Bertz CT molecular complexity index is 786. The van der Waals surface area contributed by atoms with Gasteiger partial charge in [-0.2, -0.15) is 0 Å². The Balaban J connectivity index is 1.61. The standard InChI is InChI=1S/C20H19N3O/c1-15(16-5-3-2-4-6-16)22-20(24)23-19-9-7-17(8-10-19)18-11-13-21-14-12-18/h2-15H,1H3,(H2,22,23,24)/t15-/m0/s1. The molecule has 0 fully saturated rings. The molecule has 3 rings (SSSR count). The van der Waals surface area contributed by atoms with Gasteiger partial charge in [0, 0.05) is 18.1 Å². The summed E-state index contributed by atoms with van der Waals surface area (Å²) in [6.07, 6.45) is 3.53. The Morgan fingerprint density at radius 1 is 0.875 bits per heavy atom. The van der Waals surface area contributed by atoms with Crippen molar-refractivity contribution in [3.8, 4) is 11.1 Å². The minimum absolute atomic E-state index is 0.0534. The number of urea groups is 1. The maximum atomic E-state index is 12.1. The third-order valence-electron chi connectivity index (χ3n) is 3.80. The van der Waals surface area contributed by atoms with Gasteiger partial charge in [-0.25, -0.2) is 4.79 Å². The molecule has 2 N–H and O–H groups in total. The Morgan fingerprint density at radius 2 is 1.50 bits per heavy atom. The highest BCUT2D eigenvalue weighted by molar-refractivity contribution is 5.89. The largest absolute Gasteiger partial charge is 0.331 e. The number of amides is 2. The van der Waals surface area contributed by atoms with Gasteiger partial charge in [-0.05, 0) is 47.9 Å². The summed E-state index contributed by atoms with van der Waals surface area (Å²) >= 11 is 0. The topological polar surface area (TPSA) is 54.0 Å². The van der Waals surface area contributed by atoms with E-state index in [0.29, 0.717) is 0 Å². The predicted octanol–water partition coefficient (Wildman–Crippen LogP) is 4.63. The van der Waals surface area contributed by atoms with E-state index in [4.69, 9.17) is 0 Å². The second-order valence-electron chi connectivity index (χ2n) is 5.54. The summed E-state index contributed by atoms with van der Waals surface area (Å²) in [7, 11) is 0. The number of carbonyl (C=O) groups is 1. The van der Waals surface area contributed by atoms with Crippen LogP contribution in [0.3, 0.4) is 0 Å². The first kappa shape index (κ1) is 15.7. The minimum atomic E-state index is -0.219. The van der Waals surface area contributed by atoms with E-state index in [9.17, 15) is 4.79 Å². The third kappa shape index (κ3) is 3.98. The molecule has 0 spiro atoms. The van der Waals surface area contributed by atoms with Gasteiger partial charge in [0.05, 0.1) is 6.04 Å². The number of nitrogens with zero attached hydrogens (tertiary/aromatic N) is 1. The number of benzene rings is 2. The highest BCUT2D eigenvalue weighted by Crippen LogP contribution is 2.20. The molecule has 0 aliphatic carbocycles. The smallest absolute Gasteiger partial charge is 0.319 e. The zero-order chi connectivity index (χ0) is 16.8. The van der Waals surface area contributed by atoms with Gasteiger partial charge in [0.25, 0.3) is 0 Å². The lowest BCUT2D eigenvalue weighted by Crippen LogP contribution is -2.31. The molecule has 1 heterocycles. The van der Waals surface area contributed by atoms with Crippen molar-refractivity contribution in [1.82, 2.24) is 10.3 Å². The summed E-state index contributed by atoms with van der Waals surface area (Å²) in [5, 5.41) is 5.79. The van der Waals surface area contributed by atoms with Crippen LogP contribution in [-0.2, 0) is 0 Å². The van der Waals surface area contributed by atoms with E-state index in [0.717, 1.165) is 22.4 Å². The molecule has 120 valence electrons. The number of pyridine rings is 1. The molecule has 1 aromatic heterocycles. The highest BCUT2D eigenvalue weighted by atomic mass is 16.2. The number of carbonyl (C=O) groups excluding carboxylic acids is 1. The number of hydrogen-bond acceptors (Lipinski definition) is 2. The van der Waals surface area contributed by atoms with Crippen molar-refractivity contribution in [3.63, 3.8) is 0 Å². The molecule has 0 radical (unpaired) electrons. The first-order chi connectivity index (χ1) is 11.7. The second kappa shape index (κ2) is 7.42. The molecule has 4 heteroatoms. The summed E-state index contributed by atoms with van der Waals surface area (Å²) in [4.78, 5) is 16.1. The monoisotopic (exact) mass is 317 g/mol. The van der Waals surface area contributed by atoms with Crippen molar-refractivity contribution in [3.05, 3.63) is 84.7 Å². The van der Waals surface area contributed by atoms with E-state index in [1.54, 1.807) is 12.4 Å². The van der Waals surface area contributed by atoms with E-state index < -0.39 is 0 Å². The van der Waals surface area contributed by atoms with Crippen LogP contribution in [0.2, 0.25) is 0 Å². The number of anilines is 1. The van der Waals surface area contributed by atoms with Gasteiger partial charge >= 0.3 is 6.03 Å². The van der Waals surface area contributed by atoms with Gasteiger partial charge < -0.3 is 10.6 Å². The van der Waals surface area contributed by atoms with Crippen molar-refractivity contribution >= 4 is 11.7 Å². The fourth-order valence-corrected chi connectivity index (χ4v) is 2.48. The van der Waals surface area contributed by atoms with Crippen molar-refractivity contribution < 1.29 is 4.79 Å². The third-order valence-corrected chi connectivity index (χ3v) is 3.80. The van der Waals surface area contributed by atoms with E-state index in [2.05, 4.69) is 15.6 Å². The molecule has 0 saturated carbocycles. The lowest BCUT2D eigenvalue weighted by Gasteiger charge is -2.15. The number of aromatic nitrogens is 1. The van der Waals surface area contributed by atoms with Gasteiger partial charge in [0.1, 0.15) is 0 Å². The van der Waals surface area contributed by atoms with E-state index in [1.807, 2.05) is 73.7 Å². The molecule has 0 aliphatic rings. The fraction of sp³-hybridized carbons (Fsp3) is 0.100. The van der Waals surface area contributed by atoms with E-state index in [-0.39, 0.29) is 12.1 Å². The van der Waals surface area contributed by atoms with Crippen molar-refractivity contribution in [2.75, 3.05) is 5.32 Å². The molecule has 24 heavy (non-hydrogen) atoms. The lowest BCUT2D eigenvalue weighted by atomic mass is 10.1. The summed E-state index contributed by atoms with van der Waals surface area (Å²) in [6, 6.07) is 21.2. The van der Waals surface area contributed by atoms with Crippen LogP contribution < -0.4 is 10.6 Å². The van der Waals surface area contributed by atoms with Crippen LogP contribution in [0.15, 0.2) is 79.1 Å². The lowest BCUT2D eigenvalue weighted by molar-refractivity contribution is 0.249. The van der Waals surface area contributed by atoms with Crippen LogP contribution in [0, 0.1) is 0 Å². The molecule has 4 nitrogen and oxygen atoms in total. The summed E-state index contributed by atoms with van der Waals surface area (Å²) in [5.41, 5.74) is 4.01. The second-order valence-corrected chi connectivity index (χ2v) is 5.54. The first-order valence-electron chi connectivity index (χ1n) is 7.85. The minimum Gasteiger partial charge on any atom is -0.331 e. The van der Waals surface area contributed by atoms with Gasteiger partial charge in [-0.15, -0.1) is 0 Å². The van der Waals surface area contributed by atoms with Gasteiger partial charge in [0.15, 0.2) is 0 Å². The quantitative estimate of drug-likeness (QED) is 0.737. The predicted molar refractivity (Wildman–Crippen MR) is 96.7 cm³/mol. The van der Waals surface area contributed by atoms with Crippen LogP contribution >= 0.6 is 0 Å². The fourth-order valence-electron chi connectivity index (χ4n) is 2.48. The van der Waals surface area contributed by atoms with E-state index >= 15 is 0 Å². The Hall–Kier alpha value is -3.14. The molecule has 3 aromatic rings. The zero-order valence-electron chi connectivity index (χ0n) is 13.4. The molecule has 0 aliphatic heterocycles. The molecule has 2 amide bonds. The maximum absolute atomic E-state index is 12.1. The molecular formula is C20H19N3O. The Labute approximate surface area is 141 Å². The van der Waals surface area contributed by atoms with Crippen molar-refractivity contribution in [1.29, 1.82) is 0 Å². The average Bonchev–Trinajstić information content (AvgIpc) is 2.64. The first-order valence-corrected chi connectivity index (χ1v) is 7.85. The van der Waals surface area contributed by atoms with Crippen LogP contribution in [0.1, 0.15) is 18.5 Å². The van der Waals surface area contributed by atoms with Crippen LogP contribution in [0.4, 0.5) is 10.5 Å². The average molecular weight is 317 g/mol. The summed E-state index contributed by atoms with van der Waals surface area (Å²) in [6.45, 7) is 1.96. The normalized spacial score (nSPS) is 11.5. The maximum Gasteiger partial charge on any atom is 0.319 e. The van der Waals surface area contributed by atoms with Gasteiger partial charge in [0.2, 0.25) is 0 Å². The molecule has 0 bridgehead atoms. The summed E-state index contributed by atoms with van der Waals surface area (Å²) in [5.74, 6) is 0. The summed E-state index contributed by atoms with van der Waals surface area (Å²) < 4.78 is 0. The van der Waals surface area contributed by atoms with Crippen molar-refractivity contribution in [2.45, 2.75) is 13.0 Å². The Kier molecular flexibility index (Phi) is 4.87. The highest BCUT2D eigenvalue weighted by Gasteiger charge is 2.09. The Morgan fingerprint density at radius 3 is 2.17 bits per heavy atom. The molecule has 0 saturated heterocycles. The molecule has 1 atom stereocenters. The van der Waals surface area contributed by atoms with Crippen LogP contribution in [0.25, 0.3) is 11.1 Å². The number of nitrogens with one attached hydrogen (secondary N) is 2. The number of hydrogen-bond donors (Lipinski definition) is 2. The van der Waals surface area contributed by atoms with Gasteiger partial charge in [-0.1, -0.05) is 42.5 Å². The molecule has 2 aromatic carbocycles. The molecular weight excluding hydrogens is 298 g/mol. The van der Waals surface area contributed by atoms with Gasteiger partial charge in [-0.3, -0.25) is 4.98 Å². The van der Waals surface area contributed by atoms with Crippen molar-refractivity contribution in [2.24, 2.45) is 0 Å². The SMILES string of the molecule is C[C@H](NC(=O)Nc1ccc(-c2ccncc2)cc1)c1ccccc1. The molecule has 0 unspecified atom stereocenters. The van der Waals surface area contributed by atoms with E-state index in [1.165, 1.54) is 0 Å².